The predicted molar refractivity (Wildman–Crippen MR) is 80.1 cm³/mol. The minimum absolute atomic E-state index is 0.211. The summed E-state index contributed by atoms with van der Waals surface area (Å²) in [5.41, 5.74) is 0.564. The van der Waals surface area contributed by atoms with E-state index in [1.165, 1.54) is 0 Å². The van der Waals surface area contributed by atoms with Crippen LogP contribution in [0.5, 0.6) is 5.75 Å². The molecule has 0 heterocycles. The van der Waals surface area contributed by atoms with Gasteiger partial charge in [-0.1, -0.05) is 45.2 Å². The topological polar surface area (TPSA) is 49.7 Å². The van der Waals surface area contributed by atoms with Crippen molar-refractivity contribution in [2.75, 3.05) is 0 Å². The number of aliphatic imine (C=N–C) groups is 1. The maximum absolute atomic E-state index is 10.8. The molecule has 0 amide bonds. The van der Waals surface area contributed by atoms with Crippen molar-refractivity contribution >= 4 is 17.7 Å². The Bertz CT molecular complexity index is 563. The lowest BCUT2D eigenvalue weighted by Crippen LogP contribution is -2.21. The monoisotopic (exact) mass is 293 g/mol. The maximum Gasteiger partial charge on any atom is 0.235 e. The number of hydrogen-bond acceptors (Lipinski definition) is 3. The Kier molecular flexibility index (Phi) is 3.95. The SMILES string of the molecule is CC(C)(C)c1cc(Cl)cc(C2(N=C=O)CCCC2)c1O. The highest BCUT2D eigenvalue weighted by atomic mass is 35.5. The van der Waals surface area contributed by atoms with Crippen molar-refractivity contribution in [2.24, 2.45) is 4.99 Å². The summed E-state index contributed by atoms with van der Waals surface area (Å²) in [7, 11) is 0. The van der Waals surface area contributed by atoms with Gasteiger partial charge in [0.2, 0.25) is 6.08 Å². The van der Waals surface area contributed by atoms with Gasteiger partial charge in [0, 0.05) is 16.1 Å². The average Bonchev–Trinajstić information content (AvgIpc) is 2.80. The van der Waals surface area contributed by atoms with Crippen molar-refractivity contribution in [3.8, 4) is 5.75 Å². The van der Waals surface area contributed by atoms with Crippen LogP contribution in [0.2, 0.25) is 5.02 Å². The molecule has 108 valence electrons. The van der Waals surface area contributed by atoms with Crippen LogP contribution >= 0.6 is 11.6 Å². The molecule has 2 rings (SSSR count). The van der Waals surface area contributed by atoms with Crippen molar-refractivity contribution in [2.45, 2.75) is 57.4 Å². The van der Waals surface area contributed by atoms with Gasteiger partial charge in [-0.3, -0.25) is 0 Å². The van der Waals surface area contributed by atoms with E-state index >= 15 is 0 Å². The lowest BCUT2D eigenvalue weighted by molar-refractivity contribution is 0.395. The second-order valence-electron chi connectivity index (χ2n) is 6.54. The molecule has 0 saturated heterocycles. The van der Waals surface area contributed by atoms with Gasteiger partial charge in [-0.15, -0.1) is 0 Å². The molecule has 4 heteroatoms. The van der Waals surface area contributed by atoms with E-state index in [0.29, 0.717) is 10.6 Å². The first-order valence-corrected chi connectivity index (χ1v) is 7.30. The zero-order chi connectivity index (χ0) is 15.0. The number of aromatic hydroxyl groups is 1. The highest BCUT2D eigenvalue weighted by Gasteiger charge is 2.39. The summed E-state index contributed by atoms with van der Waals surface area (Å²) >= 11 is 6.22. The number of benzene rings is 1. The van der Waals surface area contributed by atoms with Crippen molar-refractivity contribution in [3.05, 3.63) is 28.3 Å². The van der Waals surface area contributed by atoms with Crippen molar-refractivity contribution in [3.63, 3.8) is 0 Å². The van der Waals surface area contributed by atoms with Crippen LogP contribution in [-0.2, 0) is 15.7 Å². The van der Waals surface area contributed by atoms with Gasteiger partial charge in [-0.05, 0) is 30.4 Å². The van der Waals surface area contributed by atoms with Crippen LogP contribution in [0, 0.1) is 0 Å². The molecule has 1 aliphatic rings. The van der Waals surface area contributed by atoms with Gasteiger partial charge in [0.05, 0.1) is 0 Å². The van der Waals surface area contributed by atoms with Gasteiger partial charge in [-0.2, -0.15) is 4.99 Å². The molecule has 0 aromatic heterocycles. The molecule has 1 saturated carbocycles. The number of phenols is 1. The fourth-order valence-corrected chi connectivity index (χ4v) is 3.23. The maximum atomic E-state index is 10.8. The van der Waals surface area contributed by atoms with Gasteiger partial charge in [0.15, 0.2) is 0 Å². The molecule has 1 fully saturated rings. The highest BCUT2D eigenvalue weighted by Crippen LogP contribution is 2.48. The molecule has 20 heavy (non-hydrogen) atoms. The summed E-state index contributed by atoms with van der Waals surface area (Å²) in [6.45, 7) is 6.06. The van der Waals surface area contributed by atoms with Crippen molar-refractivity contribution in [1.29, 1.82) is 0 Å². The molecule has 1 aromatic rings. The van der Waals surface area contributed by atoms with E-state index in [9.17, 15) is 9.90 Å². The summed E-state index contributed by atoms with van der Waals surface area (Å²) in [5.74, 6) is 0.211. The fraction of sp³-hybridized carbons (Fsp3) is 0.562. The third kappa shape index (κ3) is 2.61. The van der Waals surface area contributed by atoms with Crippen LogP contribution in [0.1, 0.15) is 57.6 Å². The molecule has 0 atom stereocenters. The Morgan fingerprint density at radius 3 is 2.40 bits per heavy atom. The summed E-state index contributed by atoms with van der Waals surface area (Å²) < 4.78 is 0. The quantitative estimate of drug-likeness (QED) is 0.647. The van der Waals surface area contributed by atoms with Gasteiger partial charge in [0.25, 0.3) is 0 Å². The first-order valence-electron chi connectivity index (χ1n) is 6.93. The molecule has 3 nitrogen and oxygen atoms in total. The van der Waals surface area contributed by atoms with Gasteiger partial charge in [0.1, 0.15) is 11.3 Å². The third-order valence-corrected chi connectivity index (χ3v) is 4.29. The molecule has 1 aromatic carbocycles. The highest BCUT2D eigenvalue weighted by molar-refractivity contribution is 6.30. The zero-order valence-electron chi connectivity index (χ0n) is 12.2. The van der Waals surface area contributed by atoms with Gasteiger partial charge >= 0.3 is 0 Å². The van der Waals surface area contributed by atoms with Gasteiger partial charge in [-0.25, -0.2) is 4.79 Å². The second-order valence-corrected chi connectivity index (χ2v) is 6.98. The zero-order valence-corrected chi connectivity index (χ0v) is 12.9. The standard InChI is InChI=1S/C16H20ClNO2/c1-15(2,3)12-8-11(17)9-13(14(12)20)16(18-10-19)6-4-5-7-16/h8-9,20H,4-7H2,1-3H3. The number of hydrogen-bond donors (Lipinski definition) is 1. The molecule has 0 aliphatic heterocycles. The molecule has 0 bridgehead atoms. The Hall–Kier alpha value is -1.31. The Morgan fingerprint density at radius 2 is 1.90 bits per heavy atom. The van der Waals surface area contributed by atoms with Crippen LogP contribution < -0.4 is 0 Å². The van der Waals surface area contributed by atoms with Crippen molar-refractivity contribution < 1.29 is 9.90 Å². The second kappa shape index (κ2) is 5.23. The van der Waals surface area contributed by atoms with Crippen LogP contribution in [0.25, 0.3) is 0 Å². The number of carbonyl (C=O) groups excluding carboxylic acids is 1. The number of rotatable bonds is 2. The summed E-state index contributed by atoms with van der Waals surface area (Å²) in [4.78, 5) is 14.8. The third-order valence-electron chi connectivity index (χ3n) is 4.07. The van der Waals surface area contributed by atoms with Crippen LogP contribution in [-0.4, -0.2) is 11.2 Å². The normalized spacial score (nSPS) is 17.8. The van der Waals surface area contributed by atoms with Crippen LogP contribution in [0.3, 0.4) is 0 Å². The van der Waals surface area contributed by atoms with E-state index in [1.807, 2.05) is 20.8 Å². The minimum atomic E-state index is -0.656. The molecular weight excluding hydrogens is 274 g/mol. The molecule has 0 spiro atoms. The Labute approximate surface area is 124 Å². The lowest BCUT2D eigenvalue weighted by Gasteiger charge is -2.28. The average molecular weight is 294 g/mol. The van der Waals surface area contributed by atoms with E-state index in [1.54, 1.807) is 18.2 Å². The van der Waals surface area contributed by atoms with Crippen LogP contribution in [0.15, 0.2) is 17.1 Å². The molecule has 0 unspecified atom stereocenters. The van der Waals surface area contributed by atoms with Crippen molar-refractivity contribution in [1.82, 2.24) is 0 Å². The smallest absolute Gasteiger partial charge is 0.235 e. The fourth-order valence-electron chi connectivity index (χ4n) is 3.01. The Balaban J connectivity index is 2.68. The summed E-state index contributed by atoms with van der Waals surface area (Å²) in [6.07, 6.45) is 5.15. The van der Waals surface area contributed by atoms with E-state index in [2.05, 4.69) is 4.99 Å². The van der Waals surface area contributed by atoms with Crippen LogP contribution in [0.4, 0.5) is 0 Å². The first kappa shape index (κ1) is 15.1. The lowest BCUT2D eigenvalue weighted by atomic mass is 9.80. The van der Waals surface area contributed by atoms with E-state index in [4.69, 9.17) is 11.6 Å². The number of isocyanates is 1. The predicted octanol–water partition coefficient (Wildman–Crippen LogP) is 4.45. The number of halogens is 1. The number of phenolic OH excluding ortho intramolecular Hbond substituents is 1. The van der Waals surface area contributed by atoms with E-state index < -0.39 is 5.54 Å². The molecule has 1 N–H and O–H groups in total. The van der Waals surface area contributed by atoms with Gasteiger partial charge < -0.3 is 5.11 Å². The van der Waals surface area contributed by atoms with E-state index in [-0.39, 0.29) is 11.2 Å². The minimum Gasteiger partial charge on any atom is -0.507 e. The summed E-state index contributed by atoms with van der Waals surface area (Å²) in [6, 6.07) is 3.52. The first-order chi connectivity index (χ1) is 9.30. The number of nitrogens with zero attached hydrogens (tertiary/aromatic N) is 1. The summed E-state index contributed by atoms with van der Waals surface area (Å²) in [5, 5.41) is 11.2. The van der Waals surface area contributed by atoms with E-state index in [0.717, 1.165) is 31.2 Å². The molecule has 1 aliphatic carbocycles. The largest absolute Gasteiger partial charge is 0.507 e. The molecular formula is C16H20ClNO2. The molecule has 0 radical (unpaired) electrons. The Morgan fingerprint density at radius 1 is 1.30 bits per heavy atom.